The average molecular weight is 484 g/mol. The summed E-state index contributed by atoms with van der Waals surface area (Å²) in [6.07, 6.45) is 2.93. The highest BCUT2D eigenvalue weighted by atomic mass is 79.9. The minimum atomic E-state index is -0.320. The number of aromatic nitrogens is 3. The van der Waals surface area contributed by atoms with Gasteiger partial charge >= 0.3 is 6.09 Å². The Bertz CT molecular complexity index is 1010. The lowest BCUT2D eigenvalue weighted by Crippen LogP contribution is -2.39. The van der Waals surface area contributed by atoms with Crippen LogP contribution in [0.1, 0.15) is 30.1 Å². The van der Waals surface area contributed by atoms with E-state index in [0.717, 1.165) is 24.2 Å². The zero-order valence-corrected chi connectivity index (χ0v) is 17.9. The molecule has 1 aliphatic heterocycles. The number of rotatable bonds is 3. The molecule has 0 radical (unpaired) electrons. The van der Waals surface area contributed by atoms with E-state index in [9.17, 15) is 4.79 Å². The molecule has 0 spiro atoms. The van der Waals surface area contributed by atoms with Gasteiger partial charge in [-0.3, -0.25) is 4.40 Å². The first-order chi connectivity index (χ1) is 13.5. The van der Waals surface area contributed by atoms with Crippen molar-refractivity contribution in [2.45, 2.75) is 25.4 Å². The largest absolute Gasteiger partial charge is 0.445 e. The molecule has 6 nitrogen and oxygen atoms in total. The molecule has 1 amide bonds. The number of imidazole rings is 1. The molecule has 1 aliphatic rings. The maximum absolute atomic E-state index is 12.5. The number of likely N-dealkylation sites (tertiary alicyclic amines) is 1. The number of hydrogen-bond acceptors (Lipinski definition) is 4. The van der Waals surface area contributed by atoms with Crippen LogP contribution in [0.5, 0.6) is 0 Å². The Kier molecular flexibility index (Phi) is 5.75. The van der Waals surface area contributed by atoms with Gasteiger partial charge in [-0.25, -0.2) is 14.8 Å². The summed E-state index contributed by atoms with van der Waals surface area (Å²) in [5.74, 6) is 0.782. The first kappa shape index (κ1) is 19.5. The summed E-state index contributed by atoms with van der Waals surface area (Å²) in [4.78, 5) is 23.0. The molecular weight excluding hydrogens is 467 g/mol. The number of fused-ring (bicyclic) bond motifs is 1. The van der Waals surface area contributed by atoms with Gasteiger partial charge in [-0.15, -0.1) is 0 Å². The molecule has 0 saturated carbocycles. The van der Waals surface area contributed by atoms with E-state index in [-0.39, 0.29) is 18.6 Å². The van der Waals surface area contributed by atoms with Crippen molar-refractivity contribution in [2.24, 2.45) is 0 Å². The van der Waals surface area contributed by atoms with Crippen LogP contribution in [-0.2, 0) is 11.3 Å². The van der Waals surface area contributed by atoms with Crippen LogP contribution in [0.2, 0.25) is 10.3 Å². The van der Waals surface area contributed by atoms with Crippen molar-refractivity contribution in [1.82, 2.24) is 19.3 Å². The second-order valence-corrected chi connectivity index (χ2v) is 8.14. The standard InChI is InChI=1S/C19H17BrCl2N4O2/c20-16-15-17(22)23-9-14(21)26(15)18(24-16)13-7-4-8-25(10-13)19(27)28-11-12-5-2-1-3-6-12/h1-3,5-6,9,13H,4,7-8,10-11H2. The highest BCUT2D eigenvalue weighted by Gasteiger charge is 2.30. The number of nitrogens with zero attached hydrogens (tertiary/aromatic N) is 4. The molecule has 3 heterocycles. The smallest absolute Gasteiger partial charge is 0.410 e. The zero-order valence-electron chi connectivity index (χ0n) is 14.8. The van der Waals surface area contributed by atoms with Crippen molar-refractivity contribution < 1.29 is 9.53 Å². The summed E-state index contributed by atoms with van der Waals surface area (Å²) in [5, 5.41) is 0.751. The molecule has 0 aliphatic carbocycles. The number of carbonyl (C=O) groups excluding carboxylic acids is 1. The average Bonchev–Trinajstić information content (AvgIpc) is 3.08. The molecule has 1 atom stereocenters. The first-order valence-corrected chi connectivity index (χ1v) is 10.4. The fourth-order valence-corrected chi connectivity index (χ4v) is 4.57. The second kappa shape index (κ2) is 8.27. The van der Waals surface area contributed by atoms with E-state index in [1.807, 2.05) is 30.3 Å². The Morgan fingerprint density at radius 1 is 1.29 bits per heavy atom. The van der Waals surface area contributed by atoms with Gasteiger partial charge in [0, 0.05) is 19.0 Å². The van der Waals surface area contributed by atoms with Crippen LogP contribution in [0.4, 0.5) is 4.79 Å². The van der Waals surface area contributed by atoms with E-state index in [4.69, 9.17) is 27.9 Å². The van der Waals surface area contributed by atoms with E-state index in [1.54, 1.807) is 9.30 Å². The van der Waals surface area contributed by atoms with Gasteiger partial charge in [-0.05, 0) is 34.3 Å². The third-order valence-corrected chi connectivity index (χ3v) is 5.90. The van der Waals surface area contributed by atoms with E-state index in [1.165, 1.54) is 6.20 Å². The van der Waals surface area contributed by atoms with Gasteiger partial charge in [0.25, 0.3) is 0 Å². The lowest BCUT2D eigenvalue weighted by molar-refractivity contribution is 0.0853. The summed E-state index contributed by atoms with van der Waals surface area (Å²) in [7, 11) is 0. The number of carbonyl (C=O) groups is 1. The number of halogens is 3. The topological polar surface area (TPSA) is 59.7 Å². The molecule has 3 aromatic rings. The van der Waals surface area contributed by atoms with Crippen molar-refractivity contribution in [3.05, 3.63) is 62.8 Å². The molecular formula is C19H17BrCl2N4O2. The molecule has 9 heteroatoms. The number of ether oxygens (including phenoxy) is 1. The van der Waals surface area contributed by atoms with Gasteiger partial charge in [0.15, 0.2) is 5.15 Å². The van der Waals surface area contributed by atoms with Gasteiger partial charge in [0.2, 0.25) is 0 Å². The second-order valence-electron chi connectivity index (χ2n) is 6.64. The summed E-state index contributed by atoms with van der Waals surface area (Å²) in [5.41, 5.74) is 1.59. The maximum Gasteiger partial charge on any atom is 0.410 e. The van der Waals surface area contributed by atoms with Crippen molar-refractivity contribution in [3.8, 4) is 0 Å². The minimum absolute atomic E-state index is 0.0211. The minimum Gasteiger partial charge on any atom is -0.445 e. The van der Waals surface area contributed by atoms with Gasteiger partial charge in [0.1, 0.15) is 27.7 Å². The first-order valence-electron chi connectivity index (χ1n) is 8.88. The highest BCUT2D eigenvalue weighted by Crippen LogP contribution is 2.34. The Balaban J connectivity index is 1.52. The summed E-state index contributed by atoms with van der Waals surface area (Å²) >= 11 is 16.0. The van der Waals surface area contributed by atoms with Crippen molar-refractivity contribution in [2.75, 3.05) is 13.1 Å². The van der Waals surface area contributed by atoms with Gasteiger partial charge in [-0.1, -0.05) is 53.5 Å². The van der Waals surface area contributed by atoms with E-state index >= 15 is 0 Å². The Hall–Kier alpha value is -1.83. The molecule has 146 valence electrons. The zero-order chi connectivity index (χ0) is 19.7. The molecule has 1 fully saturated rings. The fraction of sp³-hybridized carbons (Fsp3) is 0.316. The van der Waals surface area contributed by atoms with Crippen LogP contribution in [0.15, 0.2) is 41.1 Å². The molecule has 4 rings (SSSR count). The fourth-order valence-electron chi connectivity index (χ4n) is 3.47. The lowest BCUT2D eigenvalue weighted by Gasteiger charge is -2.31. The number of benzene rings is 1. The third-order valence-electron chi connectivity index (χ3n) is 4.80. The van der Waals surface area contributed by atoms with E-state index in [0.29, 0.717) is 33.5 Å². The number of piperidine rings is 1. The van der Waals surface area contributed by atoms with E-state index < -0.39 is 0 Å². The molecule has 0 bridgehead atoms. The van der Waals surface area contributed by atoms with Crippen LogP contribution in [0.3, 0.4) is 0 Å². The Morgan fingerprint density at radius 2 is 2.07 bits per heavy atom. The molecule has 0 N–H and O–H groups in total. The lowest BCUT2D eigenvalue weighted by atomic mass is 9.97. The monoisotopic (exact) mass is 482 g/mol. The quantitative estimate of drug-likeness (QED) is 0.506. The van der Waals surface area contributed by atoms with Crippen LogP contribution in [0.25, 0.3) is 5.52 Å². The predicted molar refractivity (Wildman–Crippen MR) is 111 cm³/mol. The van der Waals surface area contributed by atoms with Gasteiger partial charge in [0.05, 0.1) is 6.20 Å². The normalized spacial score (nSPS) is 17.1. The van der Waals surface area contributed by atoms with Crippen molar-refractivity contribution >= 4 is 50.7 Å². The summed E-state index contributed by atoms with van der Waals surface area (Å²) in [6, 6.07) is 9.64. The van der Waals surface area contributed by atoms with Gasteiger partial charge in [-0.2, -0.15) is 0 Å². The predicted octanol–water partition coefficient (Wildman–Crippen LogP) is 5.31. The summed E-state index contributed by atoms with van der Waals surface area (Å²) in [6.45, 7) is 1.42. The molecule has 28 heavy (non-hydrogen) atoms. The highest BCUT2D eigenvalue weighted by molar-refractivity contribution is 9.10. The van der Waals surface area contributed by atoms with Crippen molar-refractivity contribution in [3.63, 3.8) is 0 Å². The maximum atomic E-state index is 12.5. The van der Waals surface area contributed by atoms with E-state index in [2.05, 4.69) is 25.9 Å². The van der Waals surface area contributed by atoms with Crippen LogP contribution >= 0.6 is 39.1 Å². The summed E-state index contributed by atoms with van der Waals surface area (Å²) < 4.78 is 7.87. The van der Waals surface area contributed by atoms with Crippen molar-refractivity contribution in [1.29, 1.82) is 0 Å². The Morgan fingerprint density at radius 3 is 2.86 bits per heavy atom. The SMILES string of the molecule is O=C(OCc1ccccc1)N1CCCC(c2nc(Br)c3c(Cl)ncc(Cl)n23)C1. The molecule has 1 aromatic carbocycles. The van der Waals surface area contributed by atoms with Gasteiger partial charge < -0.3 is 9.64 Å². The third kappa shape index (κ3) is 3.83. The molecule has 2 aromatic heterocycles. The Labute approximate surface area is 180 Å². The van der Waals surface area contributed by atoms with Crippen LogP contribution < -0.4 is 0 Å². The van der Waals surface area contributed by atoms with Crippen LogP contribution in [-0.4, -0.2) is 38.5 Å². The molecule has 1 unspecified atom stereocenters. The van der Waals surface area contributed by atoms with Crippen LogP contribution in [0, 0.1) is 0 Å². The number of amides is 1. The molecule has 1 saturated heterocycles. The number of hydrogen-bond donors (Lipinski definition) is 0.